The number of hydrogen-bond acceptors (Lipinski definition) is 6. The Hall–Kier alpha value is -3.47. The minimum atomic E-state index is -5.13. The van der Waals surface area contributed by atoms with Crippen LogP contribution < -0.4 is 0 Å². The van der Waals surface area contributed by atoms with Crippen LogP contribution in [-0.2, 0) is 40.0 Å². The van der Waals surface area contributed by atoms with E-state index in [2.05, 4.69) is 0 Å². The summed E-state index contributed by atoms with van der Waals surface area (Å²) in [5.41, 5.74) is -3.52. The molecule has 2 aliphatic carbocycles. The van der Waals surface area contributed by atoms with E-state index in [1.165, 1.54) is 30.3 Å². The molecule has 3 aromatic rings. The van der Waals surface area contributed by atoms with Crippen LogP contribution in [-0.4, -0.2) is 39.9 Å². The van der Waals surface area contributed by atoms with Crippen molar-refractivity contribution in [3.8, 4) is 0 Å². The molecule has 3 aliphatic rings. The van der Waals surface area contributed by atoms with Gasteiger partial charge in [0, 0.05) is 24.7 Å². The molecule has 6 nitrogen and oxygen atoms in total. The molecule has 0 radical (unpaired) electrons. The first kappa shape index (κ1) is 24.8. The Bertz CT molecular complexity index is 1570. The molecule has 10 heteroatoms. The standard InChI is InChI=1S/C28H21F3O6S/c1-35-27(28(29,30)31,17-10-4-2-5-11-17)25(32)36-22-16-21-23(38(33,34)18-12-6-3-7-13-18)19-14-8-9-15-20(19)26(21)24(22)37-26/h2-15,22,24H,16H2,1H3/t22-,24-,26+,27-/m1/s1. The molecule has 3 aromatic carbocycles. The topological polar surface area (TPSA) is 82.2 Å². The highest BCUT2D eigenvalue weighted by Crippen LogP contribution is 2.68. The lowest BCUT2D eigenvalue weighted by Crippen LogP contribution is -2.52. The van der Waals surface area contributed by atoms with Gasteiger partial charge in [0.25, 0.3) is 5.60 Å². The fourth-order valence-electron chi connectivity index (χ4n) is 5.75. The summed E-state index contributed by atoms with van der Waals surface area (Å²) in [5.74, 6) is -1.64. The zero-order valence-corrected chi connectivity index (χ0v) is 20.8. The number of alkyl halides is 3. The number of benzene rings is 3. The maximum Gasteiger partial charge on any atom is 0.432 e. The summed E-state index contributed by atoms with van der Waals surface area (Å²) in [6.45, 7) is 0. The highest BCUT2D eigenvalue weighted by molar-refractivity contribution is 8.00. The highest BCUT2D eigenvalue weighted by atomic mass is 32.2. The number of carbonyl (C=O) groups is 1. The van der Waals surface area contributed by atoms with E-state index in [9.17, 15) is 26.4 Å². The Balaban J connectivity index is 1.42. The number of epoxide rings is 1. The Labute approximate surface area is 216 Å². The van der Waals surface area contributed by atoms with Crippen molar-refractivity contribution < 1.29 is 40.6 Å². The van der Waals surface area contributed by atoms with Crippen molar-refractivity contribution in [3.05, 3.63) is 107 Å². The van der Waals surface area contributed by atoms with E-state index in [1.807, 2.05) is 0 Å². The van der Waals surface area contributed by atoms with Crippen LogP contribution in [0, 0.1) is 0 Å². The van der Waals surface area contributed by atoms with Crippen molar-refractivity contribution in [1.82, 2.24) is 0 Å². The third-order valence-electron chi connectivity index (χ3n) is 7.45. The fraction of sp³-hybridized carbons (Fsp3) is 0.250. The highest BCUT2D eigenvalue weighted by Gasteiger charge is 2.75. The van der Waals surface area contributed by atoms with Crippen LogP contribution in [0.4, 0.5) is 13.2 Å². The first-order valence-corrected chi connectivity index (χ1v) is 13.3. The number of halogens is 3. The number of esters is 1. The Morgan fingerprint density at radius 1 is 0.947 bits per heavy atom. The second-order valence-corrected chi connectivity index (χ2v) is 11.2. The molecule has 4 atom stereocenters. The van der Waals surface area contributed by atoms with Gasteiger partial charge in [0.15, 0.2) is 0 Å². The summed E-state index contributed by atoms with van der Waals surface area (Å²) in [6.07, 6.45) is -7.21. The first-order valence-electron chi connectivity index (χ1n) is 11.8. The van der Waals surface area contributed by atoms with Gasteiger partial charge < -0.3 is 14.2 Å². The van der Waals surface area contributed by atoms with E-state index < -0.39 is 51.0 Å². The maximum absolute atomic E-state index is 14.4. The predicted molar refractivity (Wildman–Crippen MR) is 129 cm³/mol. The lowest BCUT2D eigenvalue weighted by atomic mass is 9.92. The second-order valence-electron chi connectivity index (χ2n) is 9.34. The van der Waals surface area contributed by atoms with E-state index in [-0.39, 0.29) is 16.2 Å². The van der Waals surface area contributed by atoms with Gasteiger partial charge in [0.2, 0.25) is 9.84 Å². The van der Waals surface area contributed by atoms with Crippen molar-refractivity contribution in [1.29, 1.82) is 0 Å². The van der Waals surface area contributed by atoms with Gasteiger partial charge in [-0.25, -0.2) is 13.2 Å². The minimum Gasteiger partial charge on any atom is -0.456 e. The summed E-state index contributed by atoms with van der Waals surface area (Å²) in [4.78, 5) is 13.4. The number of hydrogen-bond donors (Lipinski definition) is 0. The number of fused-ring (bicyclic) bond motifs is 1. The summed E-state index contributed by atoms with van der Waals surface area (Å²) in [5, 5.41) is 0. The van der Waals surface area contributed by atoms with E-state index >= 15 is 0 Å². The number of methoxy groups -OCH3 is 1. The van der Waals surface area contributed by atoms with Gasteiger partial charge in [-0.15, -0.1) is 0 Å². The third kappa shape index (κ3) is 3.20. The van der Waals surface area contributed by atoms with Crippen molar-refractivity contribution in [2.75, 3.05) is 7.11 Å². The Kier molecular flexibility index (Phi) is 5.40. The van der Waals surface area contributed by atoms with Gasteiger partial charge in [-0.05, 0) is 23.3 Å². The van der Waals surface area contributed by atoms with Gasteiger partial charge in [-0.3, -0.25) is 0 Å². The Morgan fingerprint density at radius 2 is 1.55 bits per heavy atom. The number of sulfone groups is 1. The second kappa shape index (κ2) is 8.26. The monoisotopic (exact) mass is 542 g/mol. The smallest absolute Gasteiger partial charge is 0.432 e. The molecule has 1 saturated heterocycles. The lowest BCUT2D eigenvalue weighted by Gasteiger charge is -2.33. The molecule has 196 valence electrons. The van der Waals surface area contributed by atoms with Crippen LogP contribution >= 0.6 is 0 Å². The molecule has 0 N–H and O–H groups in total. The van der Waals surface area contributed by atoms with Crippen molar-refractivity contribution in [2.24, 2.45) is 0 Å². The molecule has 1 aliphatic heterocycles. The molecule has 1 spiro atoms. The van der Waals surface area contributed by atoms with Gasteiger partial charge >= 0.3 is 12.1 Å². The van der Waals surface area contributed by atoms with E-state index in [0.29, 0.717) is 16.7 Å². The van der Waals surface area contributed by atoms with Gasteiger partial charge in [-0.1, -0.05) is 72.8 Å². The molecule has 1 heterocycles. The number of ether oxygens (including phenoxy) is 3. The van der Waals surface area contributed by atoms with Crippen LogP contribution in [0.2, 0.25) is 0 Å². The molecule has 38 heavy (non-hydrogen) atoms. The van der Waals surface area contributed by atoms with Crippen LogP contribution in [0.25, 0.3) is 4.91 Å². The number of rotatable bonds is 6. The van der Waals surface area contributed by atoms with Crippen molar-refractivity contribution in [3.63, 3.8) is 0 Å². The van der Waals surface area contributed by atoms with Crippen molar-refractivity contribution >= 4 is 20.7 Å². The fourth-order valence-corrected chi connectivity index (χ4v) is 7.53. The molecule has 0 aromatic heterocycles. The molecule has 0 unspecified atom stereocenters. The molecule has 0 amide bonds. The van der Waals surface area contributed by atoms with Gasteiger partial charge in [0.1, 0.15) is 17.8 Å². The molecule has 2 fully saturated rings. The van der Waals surface area contributed by atoms with Gasteiger partial charge in [-0.2, -0.15) is 13.2 Å². The van der Waals surface area contributed by atoms with E-state index in [1.54, 1.807) is 42.5 Å². The van der Waals surface area contributed by atoms with Crippen LogP contribution in [0.3, 0.4) is 0 Å². The SMILES string of the molecule is CO[C@@](C(=O)O[C@@H]1CC2=C(S(=O)(=O)c3ccccc3)c3ccccc3[C@]23O[C@H]13)(c1ccccc1)C(F)(F)F. The summed E-state index contributed by atoms with van der Waals surface area (Å²) in [6, 6.07) is 21.2. The Morgan fingerprint density at radius 3 is 2.18 bits per heavy atom. The average molecular weight is 543 g/mol. The zero-order valence-electron chi connectivity index (χ0n) is 19.9. The zero-order chi connectivity index (χ0) is 26.9. The van der Waals surface area contributed by atoms with E-state index in [4.69, 9.17) is 14.2 Å². The molecule has 6 rings (SSSR count). The van der Waals surface area contributed by atoms with E-state index in [0.717, 1.165) is 19.2 Å². The normalized spacial score (nSPS) is 25.3. The van der Waals surface area contributed by atoms with Crippen LogP contribution in [0.5, 0.6) is 0 Å². The van der Waals surface area contributed by atoms with Crippen LogP contribution in [0.15, 0.2) is 95.4 Å². The predicted octanol–water partition coefficient (Wildman–Crippen LogP) is 4.90. The minimum absolute atomic E-state index is 0.0391. The van der Waals surface area contributed by atoms with Gasteiger partial charge in [0.05, 0.1) is 9.80 Å². The lowest BCUT2D eigenvalue weighted by molar-refractivity contribution is -0.278. The summed E-state index contributed by atoms with van der Waals surface area (Å²) in [7, 11) is -3.22. The molecular formula is C28H21F3O6S. The molecular weight excluding hydrogens is 521 g/mol. The average Bonchev–Trinajstić information content (AvgIpc) is 3.48. The largest absolute Gasteiger partial charge is 0.456 e. The number of carbonyl (C=O) groups excluding carboxylic acids is 1. The maximum atomic E-state index is 14.4. The summed E-state index contributed by atoms with van der Waals surface area (Å²) >= 11 is 0. The third-order valence-corrected chi connectivity index (χ3v) is 9.34. The quantitative estimate of drug-likeness (QED) is 0.326. The van der Waals surface area contributed by atoms with Crippen LogP contribution in [0.1, 0.15) is 23.1 Å². The first-order chi connectivity index (χ1) is 18.1. The summed E-state index contributed by atoms with van der Waals surface area (Å²) < 4.78 is 87.0. The van der Waals surface area contributed by atoms with Crippen molar-refractivity contribution in [2.45, 2.75) is 40.9 Å². The molecule has 1 saturated carbocycles. The molecule has 0 bridgehead atoms.